The monoisotopic (exact) mass is 440 g/mol. The third-order valence-electron chi connectivity index (χ3n) is 5.52. The van der Waals surface area contributed by atoms with E-state index in [0.29, 0.717) is 28.6 Å². The molecule has 2 aromatic rings. The quantitative estimate of drug-likeness (QED) is 0.584. The Balaban J connectivity index is 1.60. The minimum atomic E-state index is -0.185. The Labute approximate surface area is 186 Å². The molecule has 4 nitrogen and oxygen atoms in total. The van der Waals surface area contributed by atoms with Gasteiger partial charge in [0.05, 0.1) is 0 Å². The smallest absolute Gasteiger partial charge is 0.278 e. The van der Waals surface area contributed by atoms with Gasteiger partial charge in [0, 0.05) is 29.6 Å². The van der Waals surface area contributed by atoms with Crippen molar-refractivity contribution < 1.29 is 9.59 Å². The Morgan fingerprint density at radius 1 is 0.833 bits per heavy atom. The van der Waals surface area contributed by atoms with Gasteiger partial charge in [0.2, 0.25) is 0 Å². The van der Waals surface area contributed by atoms with Crippen LogP contribution in [-0.4, -0.2) is 41.2 Å². The van der Waals surface area contributed by atoms with E-state index in [4.69, 9.17) is 11.6 Å². The van der Waals surface area contributed by atoms with Gasteiger partial charge in [0.25, 0.3) is 11.8 Å². The standard InChI is InChI=1S/C24H25ClN2O2S/c25-19-10-12-20(13-11-19)30-22-21(26-15-6-1-2-7-16-26)23(28)27(24(22)29)17-14-18-8-4-3-5-9-18/h3-5,8-13H,1-2,6-7,14-17H2. The molecule has 0 unspecified atom stereocenters. The number of imide groups is 1. The van der Waals surface area contributed by atoms with Gasteiger partial charge in [-0.2, -0.15) is 0 Å². The summed E-state index contributed by atoms with van der Waals surface area (Å²) in [7, 11) is 0. The number of hydrogen-bond acceptors (Lipinski definition) is 4. The number of halogens is 1. The van der Waals surface area contributed by atoms with E-state index in [1.54, 1.807) is 0 Å². The lowest BCUT2D eigenvalue weighted by molar-refractivity contribution is -0.137. The Kier molecular flexibility index (Phi) is 6.80. The van der Waals surface area contributed by atoms with E-state index in [-0.39, 0.29) is 11.8 Å². The molecule has 2 aliphatic heterocycles. The topological polar surface area (TPSA) is 40.6 Å². The summed E-state index contributed by atoms with van der Waals surface area (Å²) in [6.07, 6.45) is 5.10. The van der Waals surface area contributed by atoms with E-state index in [1.807, 2.05) is 54.6 Å². The van der Waals surface area contributed by atoms with Crippen LogP contribution in [0.5, 0.6) is 0 Å². The van der Waals surface area contributed by atoms with Crippen molar-refractivity contribution in [3.8, 4) is 0 Å². The van der Waals surface area contributed by atoms with Crippen molar-refractivity contribution in [3.05, 3.63) is 75.8 Å². The molecule has 2 amide bonds. The number of carbonyl (C=O) groups is 2. The zero-order valence-corrected chi connectivity index (χ0v) is 18.4. The molecule has 0 saturated carbocycles. The van der Waals surface area contributed by atoms with Gasteiger partial charge in [-0.05, 0) is 49.1 Å². The number of benzene rings is 2. The predicted molar refractivity (Wildman–Crippen MR) is 121 cm³/mol. The molecule has 1 saturated heterocycles. The highest BCUT2D eigenvalue weighted by Gasteiger charge is 2.41. The summed E-state index contributed by atoms with van der Waals surface area (Å²) in [5, 5.41) is 0.652. The van der Waals surface area contributed by atoms with Crippen LogP contribution in [0.1, 0.15) is 31.2 Å². The van der Waals surface area contributed by atoms with Crippen molar-refractivity contribution in [1.82, 2.24) is 9.80 Å². The van der Waals surface area contributed by atoms with E-state index in [0.717, 1.165) is 36.4 Å². The fourth-order valence-corrected chi connectivity index (χ4v) is 5.06. The van der Waals surface area contributed by atoms with Crippen LogP contribution in [0.25, 0.3) is 0 Å². The number of carbonyl (C=O) groups excluding carboxylic acids is 2. The lowest BCUT2D eigenvalue weighted by Crippen LogP contribution is -2.36. The first-order valence-electron chi connectivity index (χ1n) is 10.5. The van der Waals surface area contributed by atoms with Gasteiger partial charge in [-0.3, -0.25) is 14.5 Å². The summed E-state index contributed by atoms with van der Waals surface area (Å²) < 4.78 is 0. The molecule has 6 heteroatoms. The minimum Gasteiger partial charge on any atom is -0.366 e. The molecule has 1 fully saturated rings. The Morgan fingerprint density at radius 2 is 1.50 bits per heavy atom. The van der Waals surface area contributed by atoms with Crippen molar-refractivity contribution in [1.29, 1.82) is 0 Å². The Bertz CT molecular complexity index is 935. The van der Waals surface area contributed by atoms with E-state index in [2.05, 4.69) is 4.90 Å². The zero-order valence-electron chi connectivity index (χ0n) is 16.9. The number of likely N-dealkylation sites (tertiary alicyclic amines) is 1. The maximum absolute atomic E-state index is 13.4. The predicted octanol–water partition coefficient (Wildman–Crippen LogP) is 5.13. The summed E-state index contributed by atoms with van der Waals surface area (Å²) in [5.74, 6) is -0.343. The van der Waals surface area contributed by atoms with Gasteiger partial charge in [-0.15, -0.1) is 0 Å². The SMILES string of the molecule is O=C1C(Sc2ccc(Cl)cc2)=C(N2CCCCCC2)C(=O)N1CCc1ccccc1. The Hall–Kier alpha value is -2.24. The third-order valence-corrected chi connectivity index (χ3v) is 6.86. The van der Waals surface area contributed by atoms with Crippen LogP contribution in [0, 0.1) is 0 Å². The summed E-state index contributed by atoms with van der Waals surface area (Å²) in [6.45, 7) is 2.04. The average molecular weight is 441 g/mol. The van der Waals surface area contributed by atoms with Crippen LogP contribution in [0.2, 0.25) is 5.02 Å². The highest BCUT2D eigenvalue weighted by atomic mass is 35.5. The largest absolute Gasteiger partial charge is 0.366 e. The van der Waals surface area contributed by atoms with Gasteiger partial charge in [-0.1, -0.05) is 66.5 Å². The highest BCUT2D eigenvalue weighted by Crippen LogP contribution is 2.37. The van der Waals surface area contributed by atoms with Gasteiger partial charge >= 0.3 is 0 Å². The molecule has 2 aliphatic rings. The molecule has 0 spiro atoms. The number of nitrogens with zero attached hydrogens (tertiary/aromatic N) is 2. The third kappa shape index (κ3) is 4.73. The van der Waals surface area contributed by atoms with Crippen molar-refractivity contribution >= 4 is 35.2 Å². The van der Waals surface area contributed by atoms with E-state index >= 15 is 0 Å². The lowest BCUT2D eigenvalue weighted by Gasteiger charge is -2.24. The number of rotatable bonds is 6. The number of amides is 2. The maximum atomic E-state index is 13.4. The molecule has 2 aromatic carbocycles. The second kappa shape index (κ2) is 9.71. The van der Waals surface area contributed by atoms with Crippen LogP contribution < -0.4 is 0 Å². The first-order valence-corrected chi connectivity index (χ1v) is 11.7. The normalized spacial score (nSPS) is 17.6. The number of hydrogen-bond donors (Lipinski definition) is 0. The summed E-state index contributed by atoms with van der Waals surface area (Å²) in [5.41, 5.74) is 1.70. The van der Waals surface area contributed by atoms with Gasteiger partial charge in [-0.25, -0.2) is 0 Å². The molecule has 0 radical (unpaired) electrons. The van der Waals surface area contributed by atoms with E-state index < -0.39 is 0 Å². The van der Waals surface area contributed by atoms with Crippen LogP contribution in [0.3, 0.4) is 0 Å². The molecular formula is C24H25ClN2O2S. The van der Waals surface area contributed by atoms with Crippen LogP contribution in [0.4, 0.5) is 0 Å². The van der Waals surface area contributed by atoms with Crippen molar-refractivity contribution in [2.24, 2.45) is 0 Å². The van der Waals surface area contributed by atoms with Gasteiger partial charge in [0.1, 0.15) is 10.6 Å². The zero-order chi connectivity index (χ0) is 20.9. The highest BCUT2D eigenvalue weighted by molar-refractivity contribution is 8.04. The number of thioether (sulfide) groups is 1. The molecule has 2 heterocycles. The molecule has 0 aliphatic carbocycles. The lowest BCUT2D eigenvalue weighted by atomic mass is 10.1. The second-order valence-electron chi connectivity index (χ2n) is 7.63. The fraction of sp³-hybridized carbons (Fsp3) is 0.333. The molecule has 0 N–H and O–H groups in total. The molecule has 0 atom stereocenters. The molecule has 156 valence electrons. The van der Waals surface area contributed by atoms with Crippen molar-refractivity contribution in [2.75, 3.05) is 19.6 Å². The van der Waals surface area contributed by atoms with Crippen molar-refractivity contribution in [3.63, 3.8) is 0 Å². The van der Waals surface area contributed by atoms with Crippen LogP contribution >= 0.6 is 23.4 Å². The van der Waals surface area contributed by atoms with E-state index in [1.165, 1.54) is 29.5 Å². The van der Waals surface area contributed by atoms with Crippen LogP contribution in [0.15, 0.2) is 70.1 Å². The van der Waals surface area contributed by atoms with Crippen molar-refractivity contribution in [2.45, 2.75) is 37.0 Å². The first kappa shape index (κ1) is 21.0. The summed E-state index contributed by atoms with van der Waals surface area (Å²) in [4.78, 5) is 31.7. The molecule has 30 heavy (non-hydrogen) atoms. The van der Waals surface area contributed by atoms with Crippen LogP contribution in [-0.2, 0) is 16.0 Å². The molecule has 4 rings (SSSR count). The van der Waals surface area contributed by atoms with Gasteiger partial charge in [0.15, 0.2) is 0 Å². The van der Waals surface area contributed by atoms with E-state index in [9.17, 15) is 9.59 Å². The molecular weight excluding hydrogens is 416 g/mol. The van der Waals surface area contributed by atoms with Gasteiger partial charge < -0.3 is 4.90 Å². The summed E-state index contributed by atoms with van der Waals surface area (Å²) >= 11 is 7.39. The fourth-order valence-electron chi connectivity index (χ4n) is 3.92. The average Bonchev–Trinajstić information content (AvgIpc) is 2.94. The first-order chi connectivity index (χ1) is 14.6. The maximum Gasteiger partial charge on any atom is 0.278 e. The summed E-state index contributed by atoms with van der Waals surface area (Å²) in [6, 6.07) is 17.4. The second-order valence-corrected chi connectivity index (χ2v) is 9.15. The molecule has 0 aromatic heterocycles. The minimum absolute atomic E-state index is 0.158. The Morgan fingerprint density at radius 3 is 2.17 bits per heavy atom. The molecule has 0 bridgehead atoms.